The first-order chi connectivity index (χ1) is 7.80. The topological polar surface area (TPSA) is 49.4 Å². The summed E-state index contributed by atoms with van der Waals surface area (Å²) in [6.45, 7) is 8.47. The van der Waals surface area contributed by atoms with Crippen molar-refractivity contribution < 1.29 is 8.42 Å². The Morgan fingerprint density at radius 2 is 2.00 bits per heavy atom. The first-order valence-corrected chi connectivity index (χ1v) is 8.11. The fraction of sp³-hybridized carbons (Fsp3) is 1.00. The lowest BCUT2D eigenvalue weighted by Gasteiger charge is -2.37. The molecule has 2 saturated heterocycles. The zero-order chi connectivity index (χ0) is 12.7. The summed E-state index contributed by atoms with van der Waals surface area (Å²) in [7, 11) is -3.10. The van der Waals surface area contributed by atoms with Crippen LogP contribution in [0.1, 0.15) is 33.6 Å². The molecule has 0 spiro atoms. The molecule has 2 rings (SSSR count). The van der Waals surface area contributed by atoms with Crippen molar-refractivity contribution in [2.45, 2.75) is 39.7 Å². The standard InChI is InChI=1S/C12H24N2O2S/c1-12(2,3)9-17(15,16)14-6-4-5-10-7-13-8-11(10)14/h10-11,13H,4-9H2,1-3H3. The van der Waals surface area contributed by atoms with Gasteiger partial charge in [0.25, 0.3) is 0 Å². The SMILES string of the molecule is CC(C)(C)CS(=O)(=O)N1CCCC2CNCC21. The molecule has 2 aliphatic heterocycles. The van der Waals surface area contributed by atoms with E-state index < -0.39 is 10.0 Å². The summed E-state index contributed by atoms with van der Waals surface area (Å²) in [6.07, 6.45) is 2.17. The summed E-state index contributed by atoms with van der Waals surface area (Å²) in [5, 5.41) is 3.32. The number of rotatable bonds is 2. The number of sulfonamides is 1. The van der Waals surface area contributed by atoms with Crippen molar-refractivity contribution in [1.82, 2.24) is 9.62 Å². The highest BCUT2D eigenvalue weighted by molar-refractivity contribution is 7.89. The van der Waals surface area contributed by atoms with Gasteiger partial charge in [-0.05, 0) is 30.7 Å². The van der Waals surface area contributed by atoms with Crippen LogP contribution in [-0.4, -0.2) is 44.2 Å². The maximum atomic E-state index is 12.4. The van der Waals surface area contributed by atoms with Crippen LogP contribution in [0.25, 0.3) is 0 Å². The van der Waals surface area contributed by atoms with Gasteiger partial charge in [-0.15, -0.1) is 0 Å². The first-order valence-electron chi connectivity index (χ1n) is 6.50. The van der Waals surface area contributed by atoms with Crippen molar-refractivity contribution in [2.24, 2.45) is 11.3 Å². The fourth-order valence-electron chi connectivity index (χ4n) is 3.00. The van der Waals surface area contributed by atoms with Gasteiger partial charge in [-0.1, -0.05) is 20.8 Å². The second-order valence-electron chi connectivity index (χ2n) is 6.56. The Bertz CT molecular complexity index is 372. The fourth-order valence-corrected chi connectivity index (χ4v) is 5.33. The Morgan fingerprint density at radius 1 is 1.29 bits per heavy atom. The average molecular weight is 260 g/mol. The summed E-state index contributed by atoms with van der Waals surface area (Å²) in [6, 6.07) is 0.205. The Balaban J connectivity index is 2.15. The minimum absolute atomic E-state index is 0.169. The number of hydrogen-bond donors (Lipinski definition) is 1. The van der Waals surface area contributed by atoms with E-state index in [1.807, 2.05) is 20.8 Å². The zero-order valence-electron chi connectivity index (χ0n) is 11.1. The van der Waals surface area contributed by atoms with Crippen LogP contribution in [0, 0.1) is 11.3 Å². The van der Waals surface area contributed by atoms with Gasteiger partial charge < -0.3 is 5.32 Å². The van der Waals surface area contributed by atoms with Gasteiger partial charge in [0.2, 0.25) is 10.0 Å². The summed E-state index contributed by atoms with van der Waals surface area (Å²) in [5.74, 6) is 0.780. The van der Waals surface area contributed by atoms with Crippen molar-refractivity contribution in [3.8, 4) is 0 Å². The molecule has 2 heterocycles. The predicted octanol–water partition coefficient (Wildman–Crippen LogP) is 1.05. The Hall–Kier alpha value is -0.130. The minimum atomic E-state index is -3.10. The smallest absolute Gasteiger partial charge is 0.214 e. The second kappa shape index (κ2) is 4.52. The molecule has 17 heavy (non-hydrogen) atoms. The highest BCUT2D eigenvalue weighted by Crippen LogP contribution is 2.30. The van der Waals surface area contributed by atoms with Crippen LogP contribution in [0.15, 0.2) is 0 Å². The molecule has 0 radical (unpaired) electrons. The lowest BCUT2D eigenvalue weighted by Crippen LogP contribution is -2.50. The molecule has 2 fully saturated rings. The van der Waals surface area contributed by atoms with Gasteiger partial charge in [0, 0.05) is 19.1 Å². The van der Waals surface area contributed by atoms with Crippen LogP contribution in [-0.2, 0) is 10.0 Å². The summed E-state index contributed by atoms with van der Waals surface area (Å²) in [4.78, 5) is 0. The van der Waals surface area contributed by atoms with Crippen LogP contribution >= 0.6 is 0 Å². The largest absolute Gasteiger partial charge is 0.315 e. The maximum absolute atomic E-state index is 12.4. The van der Waals surface area contributed by atoms with E-state index in [9.17, 15) is 8.42 Å². The lowest BCUT2D eigenvalue weighted by molar-refractivity contribution is 0.215. The van der Waals surface area contributed by atoms with E-state index >= 15 is 0 Å². The normalized spacial score (nSPS) is 31.5. The molecule has 0 bridgehead atoms. The Kier molecular flexibility index (Phi) is 3.54. The monoisotopic (exact) mass is 260 g/mol. The van der Waals surface area contributed by atoms with Gasteiger partial charge in [-0.25, -0.2) is 8.42 Å². The first kappa shape index (κ1) is 13.3. The molecule has 0 saturated carbocycles. The van der Waals surface area contributed by atoms with Crippen LogP contribution in [0.4, 0.5) is 0 Å². The molecule has 1 N–H and O–H groups in total. The van der Waals surface area contributed by atoms with E-state index in [2.05, 4.69) is 5.32 Å². The van der Waals surface area contributed by atoms with Gasteiger partial charge in [0.15, 0.2) is 0 Å². The molecule has 0 aromatic heterocycles. The third kappa shape index (κ3) is 3.01. The van der Waals surface area contributed by atoms with Crippen molar-refractivity contribution in [2.75, 3.05) is 25.4 Å². The maximum Gasteiger partial charge on any atom is 0.214 e. The van der Waals surface area contributed by atoms with Crippen molar-refractivity contribution >= 4 is 10.0 Å². The third-order valence-corrected chi connectivity index (χ3v) is 6.00. The van der Waals surface area contributed by atoms with Crippen LogP contribution in [0.2, 0.25) is 0 Å². The molecule has 2 unspecified atom stereocenters. The molecule has 0 aromatic rings. The molecule has 0 amide bonds. The molecular weight excluding hydrogens is 236 g/mol. The lowest BCUT2D eigenvalue weighted by atomic mass is 9.94. The number of nitrogens with zero attached hydrogens (tertiary/aromatic N) is 1. The molecule has 4 nitrogen and oxygen atoms in total. The van der Waals surface area contributed by atoms with Crippen LogP contribution < -0.4 is 5.32 Å². The average Bonchev–Trinajstić information content (AvgIpc) is 2.60. The summed E-state index contributed by atoms with van der Waals surface area (Å²) < 4.78 is 26.7. The molecule has 5 heteroatoms. The van der Waals surface area contributed by atoms with Gasteiger partial charge in [0.1, 0.15) is 0 Å². The van der Waals surface area contributed by atoms with Gasteiger partial charge in [-0.3, -0.25) is 0 Å². The third-order valence-electron chi connectivity index (χ3n) is 3.60. The summed E-state index contributed by atoms with van der Waals surface area (Å²) in [5.41, 5.74) is -0.169. The molecular formula is C12H24N2O2S. The molecule has 100 valence electrons. The van der Waals surface area contributed by atoms with Crippen molar-refractivity contribution in [3.05, 3.63) is 0 Å². The van der Waals surface area contributed by atoms with Crippen LogP contribution in [0.5, 0.6) is 0 Å². The highest BCUT2D eigenvalue weighted by atomic mass is 32.2. The minimum Gasteiger partial charge on any atom is -0.315 e. The number of nitrogens with one attached hydrogen (secondary N) is 1. The zero-order valence-corrected chi connectivity index (χ0v) is 11.9. The van der Waals surface area contributed by atoms with Crippen LogP contribution in [0.3, 0.4) is 0 Å². The number of piperidine rings is 1. The Morgan fingerprint density at radius 3 is 2.65 bits per heavy atom. The van der Waals surface area contributed by atoms with Crippen molar-refractivity contribution in [3.63, 3.8) is 0 Å². The van der Waals surface area contributed by atoms with E-state index in [1.165, 1.54) is 6.42 Å². The van der Waals surface area contributed by atoms with E-state index in [0.29, 0.717) is 12.5 Å². The van der Waals surface area contributed by atoms with E-state index in [-0.39, 0.29) is 17.2 Å². The quantitative estimate of drug-likeness (QED) is 0.807. The van der Waals surface area contributed by atoms with E-state index in [1.54, 1.807) is 4.31 Å². The molecule has 2 aliphatic rings. The van der Waals surface area contributed by atoms with Gasteiger partial charge in [0.05, 0.1) is 5.75 Å². The van der Waals surface area contributed by atoms with Gasteiger partial charge >= 0.3 is 0 Å². The molecule has 2 atom stereocenters. The molecule has 0 aliphatic carbocycles. The number of fused-ring (bicyclic) bond motifs is 1. The van der Waals surface area contributed by atoms with Crippen molar-refractivity contribution in [1.29, 1.82) is 0 Å². The number of hydrogen-bond acceptors (Lipinski definition) is 3. The molecule has 0 aromatic carbocycles. The second-order valence-corrected chi connectivity index (χ2v) is 8.48. The van der Waals surface area contributed by atoms with E-state index in [4.69, 9.17) is 0 Å². The van der Waals surface area contributed by atoms with E-state index in [0.717, 1.165) is 19.5 Å². The van der Waals surface area contributed by atoms with Gasteiger partial charge in [-0.2, -0.15) is 4.31 Å². The highest BCUT2D eigenvalue weighted by Gasteiger charge is 2.41. The summed E-state index contributed by atoms with van der Waals surface area (Å²) >= 11 is 0. The predicted molar refractivity (Wildman–Crippen MR) is 69.3 cm³/mol. The Labute approximate surface area is 105 Å².